The minimum atomic E-state index is -3.77. The normalized spacial score (nSPS) is 22.5. The third-order valence-electron chi connectivity index (χ3n) is 4.61. The topological polar surface area (TPSA) is 98.2 Å². The Morgan fingerprint density at radius 1 is 1.16 bits per heavy atom. The van der Waals surface area contributed by atoms with Crippen LogP contribution in [0.1, 0.15) is 16.8 Å². The number of aliphatic hydroxyl groups excluding tert-OH is 1. The molecule has 0 bridgehead atoms. The molecule has 1 N–H and O–H groups in total. The summed E-state index contributed by atoms with van der Waals surface area (Å²) >= 11 is 0. The number of sulfonamides is 1. The largest absolute Gasteiger partial charge is 0.391 e. The standard InChI is InChI=1S/C16H21N3O5S/c1-17-8-9-19(11-15(17)21)25(23,24)14-4-2-12(3-5-14)16(22)18-7-6-13(20)10-18/h2-5,13,20H,6-11H2,1H3/t13-/m1/s1. The second-order valence-electron chi connectivity index (χ2n) is 6.37. The summed E-state index contributed by atoms with van der Waals surface area (Å²) in [6.45, 7) is 1.21. The van der Waals surface area contributed by atoms with Gasteiger partial charge in [0, 0.05) is 38.8 Å². The molecule has 2 saturated heterocycles. The highest BCUT2D eigenvalue weighted by Gasteiger charge is 2.32. The molecular weight excluding hydrogens is 346 g/mol. The van der Waals surface area contributed by atoms with E-state index in [1.54, 1.807) is 11.9 Å². The monoisotopic (exact) mass is 367 g/mol. The summed E-state index contributed by atoms with van der Waals surface area (Å²) in [4.78, 5) is 27.2. The average Bonchev–Trinajstić information content (AvgIpc) is 3.03. The molecule has 1 atom stereocenters. The van der Waals surface area contributed by atoms with Gasteiger partial charge in [-0.1, -0.05) is 0 Å². The van der Waals surface area contributed by atoms with E-state index in [1.807, 2.05) is 0 Å². The lowest BCUT2D eigenvalue weighted by atomic mass is 10.2. The molecule has 8 nitrogen and oxygen atoms in total. The van der Waals surface area contributed by atoms with Crippen molar-refractivity contribution >= 4 is 21.8 Å². The predicted octanol–water partition coefficient (Wildman–Crippen LogP) is -0.644. The number of likely N-dealkylation sites (N-methyl/N-ethyl adjacent to an activating group) is 1. The number of hydrogen-bond acceptors (Lipinski definition) is 5. The van der Waals surface area contributed by atoms with Crippen LogP contribution in [-0.2, 0) is 14.8 Å². The Morgan fingerprint density at radius 3 is 2.40 bits per heavy atom. The van der Waals surface area contributed by atoms with Crippen molar-refractivity contribution in [3.05, 3.63) is 29.8 Å². The molecule has 25 heavy (non-hydrogen) atoms. The second-order valence-corrected chi connectivity index (χ2v) is 8.31. The number of carbonyl (C=O) groups excluding carboxylic acids is 2. The van der Waals surface area contributed by atoms with Crippen LogP contribution in [0.4, 0.5) is 0 Å². The quantitative estimate of drug-likeness (QED) is 0.766. The van der Waals surface area contributed by atoms with Gasteiger partial charge >= 0.3 is 0 Å². The van der Waals surface area contributed by atoms with E-state index in [1.165, 1.54) is 29.2 Å². The highest BCUT2D eigenvalue weighted by Crippen LogP contribution is 2.20. The third kappa shape index (κ3) is 3.53. The molecule has 3 rings (SSSR count). The van der Waals surface area contributed by atoms with Gasteiger partial charge in [-0.05, 0) is 30.7 Å². The van der Waals surface area contributed by atoms with Crippen molar-refractivity contribution < 1.29 is 23.1 Å². The summed E-state index contributed by atoms with van der Waals surface area (Å²) in [6, 6.07) is 5.71. The fourth-order valence-electron chi connectivity index (χ4n) is 2.97. The maximum absolute atomic E-state index is 12.6. The Hall–Kier alpha value is -1.97. The fraction of sp³-hybridized carbons (Fsp3) is 0.500. The van der Waals surface area contributed by atoms with Gasteiger partial charge in [0.05, 0.1) is 17.5 Å². The third-order valence-corrected chi connectivity index (χ3v) is 6.47. The SMILES string of the molecule is CN1CCN(S(=O)(=O)c2ccc(C(=O)N3CC[C@@H](O)C3)cc2)CC1=O. The van der Waals surface area contributed by atoms with Crippen molar-refractivity contribution in [1.82, 2.24) is 14.1 Å². The highest BCUT2D eigenvalue weighted by atomic mass is 32.2. The molecule has 0 saturated carbocycles. The van der Waals surface area contributed by atoms with E-state index in [-0.39, 0.29) is 29.8 Å². The molecular formula is C16H21N3O5S. The number of carbonyl (C=O) groups is 2. The van der Waals surface area contributed by atoms with Gasteiger partial charge in [0.1, 0.15) is 0 Å². The lowest BCUT2D eigenvalue weighted by Gasteiger charge is -2.31. The van der Waals surface area contributed by atoms with Gasteiger partial charge in [0.15, 0.2) is 0 Å². The Labute approximate surface area is 146 Å². The molecule has 0 aliphatic carbocycles. The van der Waals surface area contributed by atoms with Gasteiger partial charge in [0.25, 0.3) is 5.91 Å². The molecule has 1 aromatic rings. The molecule has 2 amide bonds. The summed E-state index contributed by atoms with van der Waals surface area (Å²) in [7, 11) is -2.13. The first-order chi connectivity index (χ1) is 11.8. The van der Waals surface area contributed by atoms with Crippen LogP contribution in [0, 0.1) is 0 Å². The molecule has 2 fully saturated rings. The molecule has 0 aromatic heterocycles. The molecule has 0 spiro atoms. The summed E-state index contributed by atoms with van der Waals surface area (Å²) in [6.07, 6.45) is 0.0497. The predicted molar refractivity (Wildman–Crippen MR) is 89.4 cm³/mol. The van der Waals surface area contributed by atoms with Gasteiger partial charge < -0.3 is 14.9 Å². The molecule has 0 unspecified atom stereocenters. The van der Waals surface area contributed by atoms with Crippen LogP contribution in [0.3, 0.4) is 0 Å². The molecule has 2 aliphatic heterocycles. The average molecular weight is 367 g/mol. The van der Waals surface area contributed by atoms with Crippen LogP contribution >= 0.6 is 0 Å². The Kier molecular flexibility index (Phi) is 4.81. The summed E-state index contributed by atoms with van der Waals surface area (Å²) in [5.41, 5.74) is 0.377. The van der Waals surface area contributed by atoms with E-state index in [2.05, 4.69) is 0 Å². The second kappa shape index (κ2) is 6.74. The number of amides is 2. The molecule has 0 radical (unpaired) electrons. The lowest BCUT2D eigenvalue weighted by Crippen LogP contribution is -2.50. The number of nitrogens with zero attached hydrogens (tertiary/aromatic N) is 3. The van der Waals surface area contributed by atoms with Crippen molar-refractivity contribution in [2.45, 2.75) is 17.4 Å². The first-order valence-corrected chi connectivity index (χ1v) is 9.54. The number of hydrogen-bond donors (Lipinski definition) is 1. The van der Waals surface area contributed by atoms with Crippen molar-refractivity contribution in [2.75, 3.05) is 39.8 Å². The van der Waals surface area contributed by atoms with E-state index >= 15 is 0 Å². The van der Waals surface area contributed by atoms with E-state index in [4.69, 9.17) is 0 Å². The number of piperazine rings is 1. The zero-order valence-corrected chi connectivity index (χ0v) is 14.8. The maximum atomic E-state index is 12.6. The summed E-state index contributed by atoms with van der Waals surface area (Å²) in [5, 5.41) is 9.52. The van der Waals surface area contributed by atoms with E-state index in [0.29, 0.717) is 31.6 Å². The number of aliphatic hydroxyl groups is 1. The fourth-order valence-corrected chi connectivity index (χ4v) is 4.35. The van der Waals surface area contributed by atoms with Gasteiger partial charge in [-0.15, -0.1) is 0 Å². The molecule has 2 heterocycles. The zero-order chi connectivity index (χ0) is 18.2. The van der Waals surface area contributed by atoms with Crippen molar-refractivity contribution in [2.24, 2.45) is 0 Å². The number of likely N-dealkylation sites (tertiary alicyclic amines) is 1. The van der Waals surface area contributed by atoms with E-state index < -0.39 is 16.1 Å². The minimum Gasteiger partial charge on any atom is -0.391 e. The summed E-state index contributed by atoms with van der Waals surface area (Å²) < 4.78 is 26.4. The molecule has 9 heteroatoms. The van der Waals surface area contributed by atoms with Crippen molar-refractivity contribution in [3.63, 3.8) is 0 Å². The number of benzene rings is 1. The Balaban J connectivity index is 1.75. The highest BCUT2D eigenvalue weighted by molar-refractivity contribution is 7.89. The van der Waals surface area contributed by atoms with Crippen molar-refractivity contribution in [1.29, 1.82) is 0 Å². The van der Waals surface area contributed by atoms with Crippen molar-refractivity contribution in [3.8, 4) is 0 Å². The van der Waals surface area contributed by atoms with Gasteiger partial charge in [-0.25, -0.2) is 8.42 Å². The van der Waals surface area contributed by atoms with Gasteiger partial charge in [0.2, 0.25) is 15.9 Å². The molecule has 1 aromatic carbocycles. The van der Waals surface area contributed by atoms with Gasteiger partial charge in [-0.2, -0.15) is 4.31 Å². The summed E-state index contributed by atoms with van der Waals surface area (Å²) in [5.74, 6) is -0.468. The van der Waals surface area contributed by atoms with Crippen LogP contribution < -0.4 is 0 Å². The Bertz CT molecular complexity index is 777. The first-order valence-electron chi connectivity index (χ1n) is 8.10. The van der Waals surface area contributed by atoms with Crippen LogP contribution in [0.15, 0.2) is 29.2 Å². The lowest BCUT2D eigenvalue weighted by molar-refractivity contribution is -0.132. The maximum Gasteiger partial charge on any atom is 0.253 e. The van der Waals surface area contributed by atoms with Gasteiger partial charge in [-0.3, -0.25) is 9.59 Å². The minimum absolute atomic E-state index is 0.0582. The van der Waals surface area contributed by atoms with E-state index in [9.17, 15) is 23.1 Å². The zero-order valence-electron chi connectivity index (χ0n) is 14.0. The van der Waals surface area contributed by atoms with Crippen LogP contribution in [0.25, 0.3) is 0 Å². The van der Waals surface area contributed by atoms with Crippen LogP contribution in [0.2, 0.25) is 0 Å². The number of rotatable bonds is 3. The Morgan fingerprint density at radius 2 is 1.84 bits per heavy atom. The first kappa shape index (κ1) is 17.8. The van der Waals surface area contributed by atoms with E-state index in [0.717, 1.165) is 4.31 Å². The van der Waals surface area contributed by atoms with Crippen LogP contribution in [0.5, 0.6) is 0 Å². The number of β-amino-alcohol motifs (C(OH)–C–C–N with tert-alkyl or cyclic N) is 1. The smallest absolute Gasteiger partial charge is 0.253 e. The molecule has 136 valence electrons. The van der Waals surface area contributed by atoms with Crippen LogP contribution in [-0.4, -0.2) is 85.3 Å². The molecule has 2 aliphatic rings.